The second-order valence-electron chi connectivity index (χ2n) is 4.65. The molecule has 110 valence electrons. The van der Waals surface area contributed by atoms with Crippen LogP contribution in [0.2, 0.25) is 5.02 Å². The van der Waals surface area contributed by atoms with Gasteiger partial charge in [-0.25, -0.2) is 9.18 Å². The molecular formula is C15H14ClFN2O2. The molecule has 2 aromatic rings. The number of rotatable bonds is 4. The van der Waals surface area contributed by atoms with Crippen LogP contribution in [0, 0.1) is 5.82 Å². The summed E-state index contributed by atoms with van der Waals surface area (Å²) in [4.78, 5) is 11.0. The maximum atomic E-state index is 13.9. The topological polar surface area (TPSA) is 75.3 Å². The van der Waals surface area contributed by atoms with Gasteiger partial charge < -0.3 is 16.2 Å². The summed E-state index contributed by atoms with van der Waals surface area (Å²) in [5.41, 5.74) is 6.17. The summed E-state index contributed by atoms with van der Waals surface area (Å²) in [6.45, 7) is 1.82. The van der Waals surface area contributed by atoms with Crippen LogP contribution in [0.25, 0.3) is 0 Å². The number of aromatic carboxylic acids is 1. The Bertz CT molecular complexity index is 691. The lowest BCUT2D eigenvalue weighted by atomic mass is 10.1. The van der Waals surface area contributed by atoms with Gasteiger partial charge in [0.15, 0.2) is 0 Å². The van der Waals surface area contributed by atoms with Crippen molar-refractivity contribution in [1.29, 1.82) is 0 Å². The lowest BCUT2D eigenvalue weighted by Crippen LogP contribution is -2.10. The molecule has 0 aliphatic heterocycles. The molecule has 4 nitrogen and oxygen atoms in total. The summed E-state index contributed by atoms with van der Waals surface area (Å²) in [5.74, 6) is -1.81. The fourth-order valence-electron chi connectivity index (χ4n) is 1.98. The van der Waals surface area contributed by atoms with Crippen molar-refractivity contribution in [1.82, 2.24) is 0 Å². The predicted octanol–water partition coefficient (Wildman–Crippen LogP) is 3.93. The molecule has 2 rings (SSSR count). The molecule has 4 N–H and O–H groups in total. The number of nitrogens with one attached hydrogen (secondary N) is 1. The number of benzene rings is 2. The highest BCUT2D eigenvalue weighted by atomic mass is 35.5. The molecule has 0 bridgehead atoms. The van der Waals surface area contributed by atoms with E-state index in [2.05, 4.69) is 5.32 Å². The highest BCUT2D eigenvalue weighted by molar-refractivity contribution is 6.30. The summed E-state index contributed by atoms with van der Waals surface area (Å²) >= 11 is 5.91. The number of nitrogen functional groups attached to an aromatic ring is 1. The van der Waals surface area contributed by atoms with Gasteiger partial charge in [0, 0.05) is 16.8 Å². The third-order valence-electron chi connectivity index (χ3n) is 3.09. The van der Waals surface area contributed by atoms with Crippen molar-refractivity contribution >= 4 is 28.9 Å². The Morgan fingerprint density at radius 2 is 2.10 bits per heavy atom. The van der Waals surface area contributed by atoms with Gasteiger partial charge in [-0.2, -0.15) is 0 Å². The quantitative estimate of drug-likeness (QED) is 0.748. The van der Waals surface area contributed by atoms with Crippen LogP contribution < -0.4 is 11.1 Å². The first-order valence-corrected chi connectivity index (χ1v) is 6.60. The number of hydrogen-bond donors (Lipinski definition) is 3. The van der Waals surface area contributed by atoms with Gasteiger partial charge in [0.25, 0.3) is 0 Å². The Morgan fingerprint density at radius 1 is 1.38 bits per heavy atom. The Hall–Kier alpha value is -2.27. The van der Waals surface area contributed by atoms with Crippen molar-refractivity contribution in [3.05, 3.63) is 58.4 Å². The first-order valence-electron chi connectivity index (χ1n) is 6.23. The largest absolute Gasteiger partial charge is 0.478 e. The average molecular weight is 309 g/mol. The van der Waals surface area contributed by atoms with Crippen LogP contribution in [-0.2, 0) is 0 Å². The molecule has 0 radical (unpaired) electrons. The summed E-state index contributed by atoms with van der Waals surface area (Å²) < 4.78 is 13.9. The summed E-state index contributed by atoms with van der Waals surface area (Å²) in [5, 5.41) is 12.5. The molecule has 1 unspecified atom stereocenters. The second-order valence-corrected chi connectivity index (χ2v) is 5.08. The first-order chi connectivity index (χ1) is 9.88. The molecule has 0 aliphatic rings. The van der Waals surface area contributed by atoms with E-state index < -0.39 is 11.8 Å². The molecule has 2 aromatic carbocycles. The van der Waals surface area contributed by atoms with E-state index in [4.69, 9.17) is 22.4 Å². The third-order valence-corrected chi connectivity index (χ3v) is 3.33. The van der Waals surface area contributed by atoms with Crippen molar-refractivity contribution < 1.29 is 14.3 Å². The van der Waals surface area contributed by atoms with E-state index in [1.807, 2.05) is 13.0 Å². The molecule has 0 fully saturated rings. The van der Waals surface area contributed by atoms with Crippen molar-refractivity contribution in [2.75, 3.05) is 11.1 Å². The smallest absolute Gasteiger partial charge is 0.337 e. The van der Waals surface area contributed by atoms with Crippen LogP contribution in [0.3, 0.4) is 0 Å². The van der Waals surface area contributed by atoms with E-state index in [1.165, 1.54) is 6.07 Å². The van der Waals surface area contributed by atoms with Crippen molar-refractivity contribution in [3.63, 3.8) is 0 Å². The number of carbonyl (C=O) groups is 1. The molecule has 0 saturated carbocycles. The molecule has 0 amide bonds. The predicted molar refractivity (Wildman–Crippen MR) is 81.3 cm³/mol. The standard InChI is InChI=1S/C15H14ClFN2O2/c1-8(9-3-2-4-10(16)5-9)19-14-6-11(15(20)21)13(18)7-12(14)17/h2-8,19H,18H2,1H3,(H,20,21). The third kappa shape index (κ3) is 3.44. The Labute approximate surface area is 126 Å². The molecule has 0 spiro atoms. The van der Waals surface area contributed by atoms with Crippen LogP contribution in [0.5, 0.6) is 0 Å². The monoisotopic (exact) mass is 308 g/mol. The molecule has 0 aromatic heterocycles. The SMILES string of the molecule is CC(Nc1cc(C(=O)O)c(N)cc1F)c1cccc(Cl)c1. The van der Waals surface area contributed by atoms with Crippen molar-refractivity contribution in [2.24, 2.45) is 0 Å². The molecule has 1 atom stereocenters. The average Bonchev–Trinajstić information content (AvgIpc) is 2.41. The molecular weight excluding hydrogens is 295 g/mol. The molecule has 0 saturated heterocycles. The van der Waals surface area contributed by atoms with Crippen LogP contribution >= 0.6 is 11.6 Å². The second kappa shape index (κ2) is 6.01. The Balaban J connectivity index is 2.31. The summed E-state index contributed by atoms with van der Waals surface area (Å²) in [6.07, 6.45) is 0. The van der Waals surface area contributed by atoms with Gasteiger partial charge in [-0.05, 0) is 36.8 Å². The normalized spacial score (nSPS) is 12.0. The molecule has 21 heavy (non-hydrogen) atoms. The number of nitrogens with two attached hydrogens (primary N) is 1. The summed E-state index contributed by atoms with van der Waals surface area (Å²) in [6, 6.07) is 9.07. The minimum atomic E-state index is -1.20. The number of carboxylic acids is 1. The Kier molecular flexibility index (Phi) is 4.33. The molecule has 6 heteroatoms. The summed E-state index contributed by atoms with van der Waals surface area (Å²) in [7, 11) is 0. The zero-order chi connectivity index (χ0) is 15.6. The maximum Gasteiger partial charge on any atom is 0.337 e. The minimum absolute atomic E-state index is 0.0778. The zero-order valence-electron chi connectivity index (χ0n) is 11.2. The number of carboxylic acid groups (broad SMARTS) is 1. The van der Waals surface area contributed by atoms with E-state index in [0.29, 0.717) is 5.02 Å². The fraction of sp³-hybridized carbons (Fsp3) is 0.133. The van der Waals surface area contributed by atoms with Gasteiger partial charge in [-0.3, -0.25) is 0 Å². The van der Waals surface area contributed by atoms with Gasteiger partial charge in [-0.1, -0.05) is 23.7 Å². The van der Waals surface area contributed by atoms with E-state index in [9.17, 15) is 9.18 Å². The van der Waals surface area contributed by atoms with Gasteiger partial charge in [0.05, 0.1) is 11.3 Å². The fourth-order valence-corrected chi connectivity index (χ4v) is 2.18. The maximum absolute atomic E-state index is 13.9. The van der Waals surface area contributed by atoms with Crippen molar-refractivity contribution in [3.8, 4) is 0 Å². The van der Waals surface area contributed by atoms with E-state index in [-0.39, 0.29) is 23.0 Å². The van der Waals surface area contributed by atoms with Crippen LogP contribution in [0.15, 0.2) is 36.4 Å². The van der Waals surface area contributed by atoms with E-state index >= 15 is 0 Å². The lowest BCUT2D eigenvalue weighted by Gasteiger charge is -2.17. The zero-order valence-corrected chi connectivity index (χ0v) is 12.0. The minimum Gasteiger partial charge on any atom is -0.478 e. The van der Waals surface area contributed by atoms with Crippen LogP contribution in [0.4, 0.5) is 15.8 Å². The highest BCUT2D eigenvalue weighted by Gasteiger charge is 2.15. The van der Waals surface area contributed by atoms with Crippen LogP contribution in [0.1, 0.15) is 28.9 Å². The van der Waals surface area contributed by atoms with Gasteiger partial charge >= 0.3 is 5.97 Å². The number of halogens is 2. The van der Waals surface area contributed by atoms with Gasteiger partial charge in [-0.15, -0.1) is 0 Å². The highest BCUT2D eigenvalue weighted by Crippen LogP contribution is 2.27. The first kappa shape index (κ1) is 15.1. The van der Waals surface area contributed by atoms with E-state index in [1.54, 1.807) is 18.2 Å². The lowest BCUT2D eigenvalue weighted by molar-refractivity contribution is 0.0698. The Morgan fingerprint density at radius 3 is 2.71 bits per heavy atom. The van der Waals surface area contributed by atoms with Gasteiger partial charge in [0.1, 0.15) is 5.82 Å². The number of hydrogen-bond acceptors (Lipinski definition) is 3. The van der Waals surface area contributed by atoms with Crippen molar-refractivity contribution in [2.45, 2.75) is 13.0 Å². The van der Waals surface area contributed by atoms with Gasteiger partial charge in [0.2, 0.25) is 0 Å². The molecule has 0 heterocycles. The van der Waals surface area contributed by atoms with Crippen LogP contribution in [-0.4, -0.2) is 11.1 Å². The van der Waals surface area contributed by atoms with E-state index in [0.717, 1.165) is 11.6 Å². The molecule has 0 aliphatic carbocycles. The number of anilines is 2.